The molecule has 3 amide bonds. The number of hydrogen-bond donors (Lipinski definition) is 2. The number of benzene rings is 2. The molecule has 0 saturated heterocycles. The van der Waals surface area contributed by atoms with E-state index in [2.05, 4.69) is 10.6 Å². The second-order valence-corrected chi connectivity index (χ2v) is 14.4. The Hall–Kier alpha value is -3.53. The fourth-order valence-corrected chi connectivity index (χ4v) is 5.13. The number of amides is 3. The molecule has 3 atom stereocenters. The first-order chi connectivity index (χ1) is 20.9. The lowest BCUT2D eigenvalue weighted by Gasteiger charge is -2.38. The Kier molecular flexibility index (Phi) is 14.0. The predicted molar refractivity (Wildman–Crippen MR) is 180 cm³/mol. The van der Waals surface area contributed by atoms with Crippen LogP contribution in [-0.4, -0.2) is 70.1 Å². The molecule has 9 nitrogen and oxygen atoms in total. The Morgan fingerprint density at radius 3 is 1.91 bits per heavy atom. The van der Waals surface area contributed by atoms with Crippen molar-refractivity contribution in [1.29, 1.82) is 0 Å². The molecular weight excluding hydrogens is 590 g/mol. The van der Waals surface area contributed by atoms with Gasteiger partial charge in [0, 0.05) is 12.5 Å². The van der Waals surface area contributed by atoms with E-state index >= 15 is 0 Å². The fourth-order valence-electron chi connectivity index (χ4n) is 4.66. The van der Waals surface area contributed by atoms with Crippen LogP contribution in [0, 0.1) is 6.92 Å². The Morgan fingerprint density at radius 2 is 1.40 bits per heavy atom. The maximum Gasteiger partial charge on any atom is 0.408 e. The van der Waals surface area contributed by atoms with Gasteiger partial charge in [-0.2, -0.15) is 11.8 Å². The van der Waals surface area contributed by atoms with E-state index in [1.165, 1.54) is 4.90 Å². The topological polar surface area (TPSA) is 114 Å². The first-order valence-corrected chi connectivity index (χ1v) is 16.8. The van der Waals surface area contributed by atoms with Gasteiger partial charge in [0.1, 0.15) is 29.3 Å². The number of nitrogens with one attached hydrogen (secondary N) is 2. The molecule has 0 aromatic heterocycles. The monoisotopic (exact) mass is 641 g/mol. The molecule has 3 unspecified atom stereocenters. The highest BCUT2D eigenvalue weighted by Gasteiger charge is 2.39. The van der Waals surface area contributed by atoms with E-state index in [9.17, 15) is 19.2 Å². The van der Waals surface area contributed by atoms with E-state index in [1.54, 1.807) is 65.4 Å². The van der Waals surface area contributed by atoms with Crippen LogP contribution in [0.3, 0.4) is 0 Å². The third-order valence-corrected chi connectivity index (χ3v) is 7.26. The van der Waals surface area contributed by atoms with Crippen molar-refractivity contribution in [1.82, 2.24) is 15.5 Å². The minimum absolute atomic E-state index is 0.203. The Balaban J connectivity index is 2.57. The van der Waals surface area contributed by atoms with Crippen LogP contribution < -0.4 is 10.6 Å². The van der Waals surface area contributed by atoms with E-state index in [1.807, 2.05) is 69.5 Å². The Bertz CT molecular complexity index is 1270. The van der Waals surface area contributed by atoms with Gasteiger partial charge in [-0.05, 0) is 91.9 Å². The van der Waals surface area contributed by atoms with E-state index in [-0.39, 0.29) is 6.42 Å². The number of carbonyl (C=O) groups is 4. The highest BCUT2D eigenvalue weighted by Crippen LogP contribution is 2.27. The molecule has 0 radical (unpaired) electrons. The normalized spacial score (nSPS) is 13.8. The molecular formula is C35H51N3O6S. The molecule has 0 aliphatic carbocycles. The lowest BCUT2D eigenvalue weighted by Crippen LogP contribution is -2.56. The molecule has 10 heteroatoms. The molecule has 0 heterocycles. The number of rotatable bonds is 13. The van der Waals surface area contributed by atoms with Gasteiger partial charge in [0.25, 0.3) is 0 Å². The van der Waals surface area contributed by atoms with Crippen LogP contribution in [0.2, 0.25) is 0 Å². The molecule has 0 fully saturated rings. The highest BCUT2D eigenvalue weighted by molar-refractivity contribution is 7.98. The maximum atomic E-state index is 14.4. The standard InChI is InChI=1S/C35H51N3O6S/c1-23(2)38(31(40)27(20-21-45-10)37-33(42)44-35(7,8)9)29(26-18-16-24(3)17-19-26)30(39)36-28(32(41)43-34(4,5)6)22-25-14-12-11-13-15-25/h11-19,23,27-29H,20-22H2,1-10H3,(H,36,39)(H,37,42). The van der Waals surface area contributed by atoms with Crippen molar-refractivity contribution in [3.63, 3.8) is 0 Å². The Morgan fingerprint density at radius 1 is 0.822 bits per heavy atom. The minimum Gasteiger partial charge on any atom is -0.458 e. The van der Waals surface area contributed by atoms with Crippen LogP contribution >= 0.6 is 11.8 Å². The molecule has 2 rings (SSSR count). The van der Waals surface area contributed by atoms with E-state index in [4.69, 9.17) is 9.47 Å². The zero-order chi connectivity index (χ0) is 33.9. The summed E-state index contributed by atoms with van der Waals surface area (Å²) in [4.78, 5) is 56.4. The summed E-state index contributed by atoms with van der Waals surface area (Å²) in [5, 5.41) is 5.67. The van der Waals surface area contributed by atoms with Crippen molar-refractivity contribution in [2.75, 3.05) is 12.0 Å². The van der Waals surface area contributed by atoms with Gasteiger partial charge in [0.15, 0.2) is 0 Å². The summed E-state index contributed by atoms with van der Waals surface area (Å²) in [6.45, 7) is 16.1. The van der Waals surface area contributed by atoms with Gasteiger partial charge < -0.3 is 25.0 Å². The number of thioether (sulfide) groups is 1. The zero-order valence-corrected chi connectivity index (χ0v) is 29.2. The van der Waals surface area contributed by atoms with Crippen LogP contribution in [0.25, 0.3) is 0 Å². The number of hydrogen-bond acceptors (Lipinski definition) is 7. The summed E-state index contributed by atoms with van der Waals surface area (Å²) >= 11 is 1.54. The van der Waals surface area contributed by atoms with Crippen molar-refractivity contribution in [3.8, 4) is 0 Å². The summed E-state index contributed by atoms with van der Waals surface area (Å²) in [6.07, 6.45) is 1.74. The first kappa shape index (κ1) is 37.7. The molecule has 248 valence electrons. The predicted octanol–water partition coefficient (Wildman–Crippen LogP) is 5.99. The summed E-state index contributed by atoms with van der Waals surface area (Å²) in [6, 6.07) is 13.2. The molecule has 0 saturated carbocycles. The van der Waals surface area contributed by atoms with Gasteiger partial charge in [0.05, 0.1) is 0 Å². The van der Waals surface area contributed by atoms with E-state index in [0.29, 0.717) is 17.7 Å². The van der Waals surface area contributed by atoms with E-state index < -0.39 is 59.2 Å². The highest BCUT2D eigenvalue weighted by atomic mass is 32.2. The quantitative estimate of drug-likeness (QED) is 0.258. The largest absolute Gasteiger partial charge is 0.458 e. The zero-order valence-electron chi connectivity index (χ0n) is 28.4. The second kappa shape index (κ2) is 16.7. The molecule has 2 aromatic carbocycles. The van der Waals surface area contributed by atoms with Gasteiger partial charge >= 0.3 is 12.1 Å². The van der Waals surface area contributed by atoms with Crippen LogP contribution in [0.4, 0.5) is 4.79 Å². The smallest absolute Gasteiger partial charge is 0.408 e. The Labute approximate surface area is 273 Å². The number of aryl methyl sites for hydroxylation is 1. The molecule has 0 aliphatic heterocycles. The lowest BCUT2D eigenvalue weighted by molar-refractivity contribution is -0.159. The van der Waals surface area contributed by atoms with Gasteiger partial charge in [0.2, 0.25) is 11.8 Å². The first-order valence-electron chi connectivity index (χ1n) is 15.4. The van der Waals surface area contributed by atoms with Gasteiger partial charge in [-0.1, -0.05) is 60.2 Å². The number of carbonyl (C=O) groups excluding carboxylic acids is 4. The number of esters is 1. The van der Waals surface area contributed by atoms with Crippen molar-refractivity contribution < 1.29 is 28.7 Å². The van der Waals surface area contributed by atoms with E-state index in [0.717, 1.165) is 11.1 Å². The van der Waals surface area contributed by atoms with Crippen molar-refractivity contribution in [2.45, 2.75) is 111 Å². The van der Waals surface area contributed by atoms with Crippen molar-refractivity contribution in [3.05, 3.63) is 71.3 Å². The molecule has 0 bridgehead atoms. The molecule has 0 spiro atoms. The van der Waals surface area contributed by atoms with Gasteiger partial charge in [-0.15, -0.1) is 0 Å². The third kappa shape index (κ3) is 12.8. The van der Waals surface area contributed by atoms with Crippen molar-refractivity contribution in [2.24, 2.45) is 0 Å². The van der Waals surface area contributed by atoms with Crippen LogP contribution in [0.1, 0.15) is 84.5 Å². The summed E-state index contributed by atoms with van der Waals surface area (Å²) in [5.74, 6) is -0.942. The van der Waals surface area contributed by atoms with Gasteiger partial charge in [-0.3, -0.25) is 9.59 Å². The summed E-state index contributed by atoms with van der Waals surface area (Å²) in [7, 11) is 0. The maximum absolute atomic E-state index is 14.4. The van der Waals surface area contributed by atoms with Crippen LogP contribution in [0.15, 0.2) is 54.6 Å². The average Bonchev–Trinajstić information content (AvgIpc) is 2.92. The SMILES string of the molecule is CSCCC(NC(=O)OC(C)(C)C)C(=O)N(C(C)C)C(C(=O)NC(Cc1ccccc1)C(=O)OC(C)(C)C)c1ccc(C)cc1. The van der Waals surface area contributed by atoms with Crippen molar-refractivity contribution >= 4 is 35.6 Å². The fraction of sp³-hybridized carbons (Fsp3) is 0.543. The average molecular weight is 642 g/mol. The lowest BCUT2D eigenvalue weighted by atomic mass is 9.98. The van der Waals surface area contributed by atoms with Crippen LogP contribution in [-0.2, 0) is 30.3 Å². The minimum atomic E-state index is -1.10. The second-order valence-electron chi connectivity index (χ2n) is 13.4. The summed E-state index contributed by atoms with van der Waals surface area (Å²) < 4.78 is 11.2. The third-order valence-electron chi connectivity index (χ3n) is 6.62. The molecule has 2 N–H and O–H groups in total. The summed E-state index contributed by atoms with van der Waals surface area (Å²) in [5.41, 5.74) is 0.875. The van der Waals surface area contributed by atoms with Crippen LogP contribution in [0.5, 0.6) is 0 Å². The molecule has 45 heavy (non-hydrogen) atoms. The number of nitrogens with zero attached hydrogens (tertiary/aromatic N) is 1. The molecule has 2 aromatic rings. The van der Waals surface area contributed by atoms with Gasteiger partial charge in [-0.25, -0.2) is 9.59 Å². The number of ether oxygens (including phenoxy) is 2. The molecule has 0 aliphatic rings. The number of alkyl carbamates (subject to hydrolysis) is 1.